The predicted molar refractivity (Wildman–Crippen MR) is 87.0 cm³/mol. The van der Waals surface area contributed by atoms with Crippen molar-refractivity contribution >= 4 is 39.0 Å². The lowest BCUT2D eigenvalue weighted by molar-refractivity contribution is -0.122. The van der Waals surface area contributed by atoms with Crippen molar-refractivity contribution in [3.63, 3.8) is 0 Å². The Labute approximate surface area is 136 Å². The first-order valence-corrected chi connectivity index (χ1v) is 8.08. The first kappa shape index (κ1) is 15.2. The number of nitrogens with one attached hydrogen (secondary N) is 1. The molecule has 1 amide bonds. The number of ether oxygens (including phenoxy) is 1. The summed E-state index contributed by atoms with van der Waals surface area (Å²) in [6.45, 7) is 1.52. The molecule has 0 bridgehead atoms. The summed E-state index contributed by atoms with van der Waals surface area (Å²) >= 11 is 3.40. The van der Waals surface area contributed by atoms with Crippen molar-refractivity contribution in [1.82, 2.24) is 9.88 Å². The summed E-state index contributed by atoms with van der Waals surface area (Å²) in [4.78, 5) is 23.3. The Balaban J connectivity index is 1.72. The molecule has 22 heavy (non-hydrogen) atoms. The Morgan fingerprint density at radius 1 is 1.50 bits per heavy atom. The average molecular weight is 365 g/mol. The van der Waals surface area contributed by atoms with E-state index in [0.717, 1.165) is 41.1 Å². The van der Waals surface area contributed by atoms with Crippen LogP contribution < -0.4 is 5.32 Å². The monoisotopic (exact) mass is 364 g/mol. The third-order valence-electron chi connectivity index (χ3n) is 3.87. The van der Waals surface area contributed by atoms with Gasteiger partial charge in [-0.25, -0.2) is 0 Å². The fourth-order valence-electron chi connectivity index (χ4n) is 2.77. The molecule has 1 saturated heterocycles. The van der Waals surface area contributed by atoms with Gasteiger partial charge >= 0.3 is 0 Å². The van der Waals surface area contributed by atoms with Gasteiger partial charge in [-0.2, -0.15) is 0 Å². The fourth-order valence-corrected chi connectivity index (χ4v) is 3.13. The van der Waals surface area contributed by atoms with Gasteiger partial charge in [0.05, 0.1) is 6.10 Å². The smallest absolute Gasteiger partial charge is 0.240 e. The number of fused-ring (bicyclic) bond motifs is 1. The lowest BCUT2D eigenvalue weighted by atomic mass is 10.2. The van der Waals surface area contributed by atoms with Gasteiger partial charge in [-0.05, 0) is 31.0 Å². The van der Waals surface area contributed by atoms with E-state index < -0.39 is 0 Å². The third-order valence-corrected chi connectivity index (χ3v) is 4.36. The molecule has 3 rings (SSSR count). The molecule has 6 heteroatoms. The number of carbonyl (C=O) groups is 2. The number of nitrogens with zero attached hydrogens (tertiary/aromatic N) is 1. The number of benzene rings is 1. The molecule has 1 aromatic carbocycles. The minimum Gasteiger partial charge on any atom is -0.376 e. The lowest BCUT2D eigenvalue weighted by Gasteiger charge is -2.11. The van der Waals surface area contributed by atoms with Crippen LogP contribution in [0.5, 0.6) is 0 Å². The van der Waals surface area contributed by atoms with Crippen LogP contribution in [-0.2, 0) is 16.1 Å². The van der Waals surface area contributed by atoms with Crippen molar-refractivity contribution < 1.29 is 14.3 Å². The van der Waals surface area contributed by atoms with E-state index >= 15 is 0 Å². The second kappa shape index (κ2) is 6.62. The lowest BCUT2D eigenvalue weighted by Crippen LogP contribution is -2.34. The number of aldehydes is 1. The molecule has 2 aromatic rings. The predicted octanol–water partition coefficient (Wildman–Crippen LogP) is 2.51. The first-order valence-electron chi connectivity index (χ1n) is 7.29. The molecule has 0 saturated carbocycles. The summed E-state index contributed by atoms with van der Waals surface area (Å²) in [5.74, 6) is -0.0761. The molecule has 1 fully saturated rings. The van der Waals surface area contributed by atoms with Crippen LogP contribution in [0.2, 0.25) is 0 Å². The number of halogens is 1. The van der Waals surface area contributed by atoms with Gasteiger partial charge in [0.2, 0.25) is 5.91 Å². The van der Waals surface area contributed by atoms with Gasteiger partial charge in [0.1, 0.15) is 6.54 Å². The molecular formula is C16H17BrN2O3. The molecule has 1 atom stereocenters. The van der Waals surface area contributed by atoms with Gasteiger partial charge in [-0.1, -0.05) is 15.9 Å². The molecule has 0 unspecified atom stereocenters. The minimum absolute atomic E-state index is 0.0761. The van der Waals surface area contributed by atoms with E-state index in [9.17, 15) is 9.59 Å². The molecule has 0 aliphatic carbocycles. The van der Waals surface area contributed by atoms with Crippen molar-refractivity contribution in [2.75, 3.05) is 13.2 Å². The van der Waals surface area contributed by atoms with E-state index in [1.165, 1.54) is 0 Å². The highest BCUT2D eigenvalue weighted by atomic mass is 79.9. The average Bonchev–Trinajstić information content (AvgIpc) is 3.13. The van der Waals surface area contributed by atoms with Gasteiger partial charge < -0.3 is 14.6 Å². The number of rotatable bonds is 5. The van der Waals surface area contributed by atoms with Gasteiger partial charge in [0.25, 0.3) is 0 Å². The van der Waals surface area contributed by atoms with Crippen LogP contribution in [0.4, 0.5) is 0 Å². The number of carbonyl (C=O) groups excluding carboxylic acids is 2. The van der Waals surface area contributed by atoms with Crippen molar-refractivity contribution in [3.05, 3.63) is 34.4 Å². The van der Waals surface area contributed by atoms with Crippen molar-refractivity contribution in [2.45, 2.75) is 25.5 Å². The Hall–Kier alpha value is -1.66. The molecule has 1 aromatic heterocycles. The summed E-state index contributed by atoms with van der Waals surface area (Å²) in [5, 5.41) is 3.74. The zero-order chi connectivity index (χ0) is 15.5. The Morgan fingerprint density at radius 2 is 2.36 bits per heavy atom. The Kier molecular flexibility index (Phi) is 4.59. The maximum atomic E-state index is 12.1. The molecule has 2 heterocycles. The molecule has 0 radical (unpaired) electrons. The van der Waals surface area contributed by atoms with Crippen LogP contribution in [-0.4, -0.2) is 36.0 Å². The summed E-state index contributed by atoms with van der Waals surface area (Å²) in [6, 6.07) is 5.69. The van der Waals surface area contributed by atoms with E-state index in [-0.39, 0.29) is 18.6 Å². The summed E-state index contributed by atoms with van der Waals surface area (Å²) in [6.07, 6.45) is 4.72. The maximum absolute atomic E-state index is 12.1. The Morgan fingerprint density at radius 3 is 3.09 bits per heavy atom. The number of aromatic nitrogens is 1. The van der Waals surface area contributed by atoms with E-state index in [1.54, 1.807) is 10.8 Å². The first-order chi connectivity index (χ1) is 10.7. The van der Waals surface area contributed by atoms with E-state index in [0.29, 0.717) is 12.1 Å². The topological polar surface area (TPSA) is 60.3 Å². The molecular weight excluding hydrogens is 348 g/mol. The summed E-state index contributed by atoms with van der Waals surface area (Å²) < 4.78 is 8.19. The third kappa shape index (κ3) is 3.23. The van der Waals surface area contributed by atoms with Crippen molar-refractivity contribution in [2.24, 2.45) is 0 Å². The van der Waals surface area contributed by atoms with Crippen LogP contribution in [0.15, 0.2) is 28.9 Å². The summed E-state index contributed by atoms with van der Waals surface area (Å²) in [5.41, 5.74) is 1.46. The van der Waals surface area contributed by atoms with Gasteiger partial charge in [0, 0.05) is 40.3 Å². The molecule has 116 valence electrons. The fraction of sp³-hybridized carbons (Fsp3) is 0.375. The SMILES string of the molecule is O=Cc1cn(CC(=O)NC[C@@H]2CCCO2)c2ccc(Br)cc12. The molecule has 0 spiro atoms. The second-order valence-corrected chi connectivity index (χ2v) is 6.35. The van der Waals surface area contributed by atoms with E-state index in [4.69, 9.17) is 4.74 Å². The molecule has 1 aliphatic rings. The number of hydrogen-bond donors (Lipinski definition) is 1. The standard InChI is InChI=1S/C16H17BrN2O3/c17-12-3-4-15-14(6-12)11(10-20)8-19(15)9-16(21)18-7-13-2-1-5-22-13/h3-4,6,8,10,13H,1-2,5,7,9H2,(H,18,21)/t13-/m0/s1. The zero-order valence-corrected chi connectivity index (χ0v) is 13.6. The zero-order valence-electron chi connectivity index (χ0n) is 12.0. The quantitative estimate of drug-likeness (QED) is 0.829. The summed E-state index contributed by atoms with van der Waals surface area (Å²) in [7, 11) is 0. The van der Waals surface area contributed by atoms with Gasteiger partial charge in [-0.3, -0.25) is 9.59 Å². The van der Waals surface area contributed by atoms with Crippen molar-refractivity contribution in [1.29, 1.82) is 0 Å². The maximum Gasteiger partial charge on any atom is 0.240 e. The van der Waals surface area contributed by atoms with Crippen molar-refractivity contribution in [3.8, 4) is 0 Å². The minimum atomic E-state index is -0.0761. The largest absolute Gasteiger partial charge is 0.376 e. The van der Waals surface area contributed by atoms with Crippen LogP contribution in [0.3, 0.4) is 0 Å². The van der Waals surface area contributed by atoms with Gasteiger partial charge in [0.15, 0.2) is 6.29 Å². The van der Waals surface area contributed by atoms with E-state index in [2.05, 4.69) is 21.2 Å². The molecule has 5 nitrogen and oxygen atoms in total. The molecule has 1 aliphatic heterocycles. The van der Waals surface area contributed by atoms with E-state index in [1.807, 2.05) is 18.2 Å². The van der Waals surface area contributed by atoms with Crippen LogP contribution in [0.25, 0.3) is 10.9 Å². The Bertz CT molecular complexity index is 705. The van der Waals surface area contributed by atoms with Crippen LogP contribution >= 0.6 is 15.9 Å². The highest BCUT2D eigenvalue weighted by molar-refractivity contribution is 9.10. The second-order valence-electron chi connectivity index (χ2n) is 5.43. The highest BCUT2D eigenvalue weighted by Crippen LogP contribution is 2.24. The van der Waals surface area contributed by atoms with Crippen LogP contribution in [0, 0.1) is 0 Å². The number of hydrogen-bond acceptors (Lipinski definition) is 3. The van der Waals surface area contributed by atoms with Gasteiger partial charge in [-0.15, -0.1) is 0 Å². The highest BCUT2D eigenvalue weighted by Gasteiger charge is 2.17. The molecule has 1 N–H and O–H groups in total. The van der Waals surface area contributed by atoms with Crippen LogP contribution in [0.1, 0.15) is 23.2 Å². The number of amides is 1. The normalized spacial score (nSPS) is 17.8.